The molecule has 0 N–H and O–H groups in total. The van der Waals surface area contributed by atoms with E-state index in [0.717, 1.165) is 16.0 Å². The van der Waals surface area contributed by atoms with Gasteiger partial charge in [-0.25, -0.2) is 8.42 Å². The summed E-state index contributed by atoms with van der Waals surface area (Å²) < 4.78 is 26.5. The molecule has 5 nitrogen and oxygen atoms in total. The van der Waals surface area contributed by atoms with Crippen LogP contribution in [0.15, 0.2) is 64.9 Å². The van der Waals surface area contributed by atoms with Crippen LogP contribution in [0.4, 0.5) is 0 Å². The number of amides is 1. The Hall–Kier alpha value is -2.09. The third-order valence-electron chi connectivity index (χ3n) is 4.63. The highest BCUT2D eigenvalue weighted by molar-refractivity contribution is 8.00. The molecule has 7 heteroatoms. The molecule has 0 spiro atoms. The first-order valence-electron chi connectivity index (χ1n) is 9.15. The lowest BCUT2D eigenvalue weighted by Gasteiger charge is -2.33. The Bertz CT molecular complexity index is 935. The Morgan fingerprint density at radius 3 is 2.32 bits per heavy atom. The minimum absolute atomic E-state index is 0.0464. The third kappa shape index (κ3) is 5.47. The lowest BCUT2D eigenvalue weighted by Crippen LogP contribution is -2.50. The van der Waals surface area contributed by atoms with E-state index in [1.165, 1.54) is 21.5 Å². The maximum atomic E-state index is 12.5. The average molecular weight is 417 g/mol. The van der Waals surface area contributed by atoms with E-state index in [0.29, 0.717) is 31.9 Å². The molecule has 1 fully saturated rings. The Labute approximate surface area is 171 Å². The molecule has 1 heterocycles. The van der Waals surface area contributed by atoms with Crippen molar-refractivity contribution in [2.45, 2.75) is 11.8 Å². The molecule has 0 aromatic heterocycles. The minimum atomic E-state index is -3.48. The predicted octanol–water partition coefficient (Wildman–Crippen LogP) is 3.23. The zero-order valence-corrected chi connectivity index (χ0v) is 17.5. The van der Waals surface area contributed by atoms with Crippen molar-refractivity contribution >= 4 is 33.8 Å². The minimum Gasteiger partial charge on any atom is -0.339 e. The standard InChI is InChI=1S/C21H24N2O3S2/c1-18-7-5-6-10-20(18)27-17-21(24)22-12-14-23(15-13-22)28(25,26)16-11-19-8-3-2-4-9-19/h2-11,16H,12-15,17H2,1H3. The topological polar surface area (TPSA) is 57.7 Å². The smallest absolute Gasteiger partial charge is 0.236 e. The van der Waals surface area contributed by atoms with Crippen LogP contribution in [0.5, 0.6) is 0 Å². The number of hydrogen-bond donors (Lipinski definition) is 0. The number of benzene rings is 2. The number of rotatable bonds is 6. The summed E-state index contributed by atoms with van der Waals surface area (Å²) in [6.07, 6.45) is 1.60. The molecule has 1 saturated heterocycles. The molecule has 3 rings (SSSR count). The van der Waals surface area contributed by atoms with Crippen LogP contribution in [-0.4, -0.2) is 55.5 Å². The van der Waals surface area contributed by atoms with Crippen molar-refractivity contribution in [3.8, 4) is 0 Å². The monoisotopic (exact) mass is 416 g/mol. The van der Waals surface area contributed by atoms with E-state index in [2.05, 4.69) is 0 Å². The predicted molar refractivity (Wildman–Crippen MR) is 114 cm³/mol. The van der Waals surface area contributed by atoms with E-state index in [1.807, 2.05) is 61.5 Å². The van der Waals surface area contributed by atoms with Gasteiger partial charge in [0.15, 0.2) is 0 Å². The molecule has 1 aliphatic rings. The maximum absolute atomic E-state index is 12.5. The molecular formula is C21H24N2O3S2. The summed E-state index contributed by atoms with van der Waals surface area (Å²) in [6, 6.07) is 17.3. The summed E-state index contributed by atoms with van der Waals surface area (Å²) in [5.74, 6) is 0.413. The number of carbonyl (C=O) groups excluding carboxylic acids is 1. The van der Waals surface area contributed by atoms with Gasteiger partial charge in [-0.3, -0.25) is 4.79 Å². The Balaban J connectivity index is 1.51. The second kappa shape index (κ2) is 9.41. The molecule has 148 valence electrons. The molecule has 0 saturated carbocycles. The van der Waals surface area contributed by atoms with Gasteiger partial charge in [0.1, 0.15) is 0 Å². The van der Waals surface area contributed by atoms with E-state index in [9.17, 15) is 13.2 Å². The summed E-state index contributed by atoms with van der Waals surface area (Å²) in [6.45, 7) is 3.51. The third-order valence-corrected chi connectivity index (χ3v) is 7.35. The van der Waals surface area contributed by atoms with E-state index in [1.54, 1.807) is 11.0 Å². The Morgan fingerprint density at radius 2 is 1.64 bits per heavy atom. The highest BCUT2D eigenvalue weighted by Gasteiger charge is 2.27. The fraction of sp³-hybridized carbons (Fsp3) is 0.286. The van der Waals surface area contributed by atoms with Crippen LogP contribution in [0.1, 0.15) is 11.1 Å². The molecule has 28 heavy (non-hydrogen) atoms. The number of aryl methyl sites for hydroxylation is 1. The fourth-order valence-electron chi connectivity index (χ4n) is 2.96. The molecule has 0 aliphatic carbocycles. The van der Waals surface area contributed by atoms with Crippen LogP contribution in [0.25, 0.3) is 6.08 Å². The van der Waals surface area contributed by atoms with Crippen molar-refractivity contribution < 1.29 is 13.2 Å². The second-order valence-electron chi connectivity index (χ2n) is 6.59. The Kier molecular flexibility index (Phi) is 6.93. The summed E-state index contributed by atoms with van der Waals surface area (Å²) in [5.41, 5.74) is 1.99. The summed E-state index contributed by atoms with van der Waals surface area (Å²) in [7, 11) is -3.48. The van der Waals surface area contributed by atoms with Crippen molar-refractivity contribution in [2.24, 2.45) is 0 Å². The lowest BCUT2D eigenvalue weighted by molar-refractivity contribution is -0.129. The van der Waals surface area contributed by atoms with Crippen LogP contribution in [0.2, 0.25) is 0 Å². The number of hydrogen-bond acceptors (Lipinski definition) is 4. The van der Waals surface area contributed by atoms with Crippen molar-refractivity contribution in [3.63, 3.8) is 0 Å². The highest BCUT2D eigenvalue weighted by atomic mass is 32.2. The average Bonchev–Trinajstić information content (AvgIpc) is 2.72. The van der Waals surface area contributed by atoms with Crippen molar-refractivity contribution in [2.75, 3.05) is 31.9 Å². The van der Waals surface area contributed by atoms with Crippen molar-refractivity contribution in [3.05, 3.63) is 71.1 Å². The normalized spacial score (nSPS) is 15.8. The van der Waals surface area contributed by atoms with Gasteiger partial charge in [0.05, 0.1) is 5.75 Å². The molecule has 1 aliphatic heterocycles. The van der Waals surface area contributed by atoms with Gasteiger partial charge < -0.3 is 4.90 Å². The van der Waals surface area contributed by atoms with Crippen molar-refractivity contribution in [1.82, 2.24) is 9.21 Å². The van der Waals surface area contributed by atoms with Gasteiger partial charge in [0.25, 0.3) is 0 Å². The lowest BCUT2D eigenvalue weighted by atomic mass is 10.2. The molecule has 0 unspecified atom stereocenters. The van der Waals surface area contributed by atoms with Gasteiger partial charge in [0, 0.05) is 36.5 Å². The molecule has 0 bridgehead atoms. The number of thioether (sulfide) groups is 1. The van der Waals surface area contributed by atoms with E-state index < -0.39 is 10.0 Å². The molecule has 0 atom stereocenters. The first kappa shape index (κ1) is 20.6. The Morgan fingerprint density at radius 1 is 1.00 bits per heavy atom. The maximum Gasteiger partial charge on any atom is 0.236 e. The largest absolute Gasteiger partial charge is 0.339 e. The van der Waals surface area contributed by atoms with Gasteiger partial charge in [0.2, 0.25) is 15.9 Å². The van der Waals surface area contributed by atoms with Gasteiger partial charge in [-0.15, -0.1) is 11.8 Å². The van der Waals surface area contributed by atoms with E-state index >= 15 is 0 Å². The molecule has 2 aromatic rings. The molecule has 0 radical (unpaired) electrons. The van der Waals surface area contributed by atoms with Crippen LogP contribution < -0.4 is 0 Å². The first-order valence-corrected chi connectivity index (χ1v) is 11.6. The summed E-state index contributed by atoms with van der Waals surface area (Å²) >= 11 is 1.53. The van der Waals surface area contributed by atoms with E-state index in [4.69, 9.17) is 0 Å². The number of carbonyl (C=O) groups is 1. The van der Waals surface area contributed by atoms with Gasteiger partial charge in [-0.05, 0) is 30.2 Å². The quantitative estimate of drug-likeness (QED) is 0.679. The number of sulfonamides is 1. The first-order chi connectivity index (χ1) is 13.5. The fourth-order valence-corrected chi connectivity index (χ4v) is 5.06. The highest BCUT2D eigenvalue weighted by Crippen LogP contribution is 2.22. The van der Waals surface area contributed by atoms with Gasteiger partial charge in [-0.1, -0.05) is 48.5 Å². The van der Waals surface area contributed by atoms with Crippen LogP contribution in [0.3, 0.4) is 0 Å². The molecule has 2 aromatic carbocycles. The van der Waals surface area contributed by atoms with Crippen molar-refractivity contribution in [1.29, 1.82) is 0 Å². The molecular weight excluding hydrogens is 392 g/mol. The van der Waals surface area contributed by atoms with Gasteiger partial charge >= 0.3 is 0 Å². The SMILES string of the molecule is Cc1ccccc1SCC(=O)N1CCN(S(=O)(=O)C=Cc2ccccc2)CC1. The van der Waals surface area contributed by atoms with E-state index in [-0.39, 0.29) is 5.91 Å². The summed E-state index contributed by atoms with van der Waals surface area (Å²) in [4.78, 5) is 15.3. The number of piperazine rings is 1. The number of nitrogens with zero attached hydrogens (tertiary/aromatic N) is 2. The van der Waals surface area contributed by atoms with Crippen LogP contribution >= 0.6 is 11.8 Å². The zero-order chi connectivity index (χ0) is 20.0. The van der Waals surface area contributed by atoms with Gasteiger partial charge in [-0.2, -0.15) is 4.31 Å². The molecule has 1 amide bonds. The van der Waals surface area contributed by atoms with Crippen LogP contribution in [-0.2, 0) is 14.8 Å². The zero-order valence-electron chi connectivity index (χ0n) is 15.8. The van der Waals surface area contributed by atoms with Crippen LogP contribution in [0, 0.1) is 6.92 Å². The second-order valence-corrected chi connectivity index (χ2v) is 9.43. The summed E-state index contributed by atoms with van der Waals surface area (Å²) in [5, 5.41) is 1.24.